The fraction of sp³-hybridized carbons (Fsp3) is 0.0952. The predicted octanol–water partition coefficient (Wildman–Crippen LogP) is 3.32. The molecule has 0 unspecified atom stereocenters. The van der Waals surface area contributed by atoms with Gasteiger partial charge in [-0.3, -0.25) is 4.79 Å². The van der Waals surface area contributed by atoms with Gasteiger partial charge in [-0.15, -0.1) is 0 Å². The third kappa shape index (κ3) is 3.44. The molecule has 5 aromatic rings. The van der Waals surface area contributed by atoms with Crippen LogP contribution in [0.4, 0.5) is 0 Å². The minimum atomic E-state index is -0.342. The summed E-state index contributed by atoms with van der Waals surface area (Å²) in [4.78, 5) is 17.3. The third-order valence-corrected chi connectivity index (χ3v) is 5.07. The lowest BCUT2D eigenvalue weighted by molar-refractivity contribution is 0.362. The van der Waals surface area contributed by atoms with Crippen LogP contribution in [-0.4, -0.2) is 36.6 Å². The van der Waals surface area contributed by atoms with Crippen molar-refractivity contribution in [2.75, 3.05) is 7.11 Å². The third-order valence-electron chi connectivity index (χ3n) is 4.74. The molecule has 9 nitrogen and oxygen atoms in total. The van der Waals surface area contributed by atoms with Gasteiger partial charge < -0.3 is 9.26 Å². The molecule has 5 rings (SSSR count). The highest BCUT2D eigenvalue weighted by molar-refractivity contribution is 6.33. The Bertz CT molecular complexity index is 1460. The van der Waals surface area contributed by atoms with Gasteiger partial charge in [0.2, 0.25) is 11.7 Å². The van der Waals surface area contributed by atoms with Crippen molar-refractivity contribution >= 4 is 17.1 Å². The molecule has 0 radical (unpaired) electrons. The minimum absolute atomic E-state index is 0.0179. The quantitative estimate of drug-likeness (QED) is 0.418. The van der Waals surface area contributed by atoms with Gasteiger partial charge in [0.05, 0.1) is 23.4 Å². The molecule has 0 spiro atoms. The summed E-state index contributed by atoms with van der Waals surface area (Å²) in [5.41, 5.74) is 2.02. The summed E-state index contributed by atoms with van der Waals surface area (Å²) in [6, 6.07) is 16.3. The van der Waals surface area contributed by atoms with Crippen molar-refractivity contribution in [3.05, 3.63) is 82.2 Å². The van der Waals surface area contributed by atoms with Crippen LogP contribution in [-0.2, 0) is 6.54 Å². The number of hydrogen-bond acceptors (Lipinski definition) is 7. The van der Waals surface area contributed by atoms with E-state index in [1.54, 1.807) is 19.2 Å². The number of rotatable bonds is 5. The van der Waals surface area contributed by atoms with Crippen LogP contribution in [0, 0.1) is 0 Å². The first kappa shape index (κ1) is 19.0. The van der Waals surface area contributed by atoms with Crippen molar-refractivity contribution in [2.24, 2.45) is 0 Å². The van der Waals surface area contributed by atoms with Gasteiger partial charge in [-0.2, -0.15) is 15.2 Å². The summed E-state index contributed by atoms with van der Waals surface area (Å²) in [7, 11) is 1.57. The molecule has 3 heterocycles. The normalized spacial score (nSPS) is 11.2. The fourth-order valence-corrected chi connectivity index (χ4v) is 3.47. The van der Waals surface area contributed by atoms with E-state index in [1.165, 1.54) is 15.5 Å². The molecular weight excluding hydrogens is 420 g/mol. The maximum atomic E-state index is 12.9. The van der Waals surface area contributed by atoms with Gasteiger partial charge >= 0.3 is 0 Å². The van der Waals surface area contributed by atoms with E-state index in [0.29, 0.717) is 33.4 Å². The lowest BCUT2D eigenvalue weighted by Crippen LogP contribution is -2.25. The average molecular weight is 435 g/mol. The zero-order valence-electron chi connectivity index (χ0n) is 16.3. The number of fused-ring (bicyclic) bond motifs is 1. The van der Waals surface area contributed by atoms with E-state index >= 15 is 0 Å². The number of ether oxygens (including phenoxy) is 1. The van der Waals surface area contributed by atoms with E-state index in [9.17, 15) is 4.79 Å². The molecule has 2 aromatic carbocycles. The van der Waals surface area contributed by atoms with Gasteiger partial charge in [-0.05, 0) is 24.3 Å². The summed E-state index contributed by atoms with van der Waals surface area (Å²) in [6.07, 6.45) is 1.45. The van der Waals surface area contributed by atoms with E-state index in [4.69, 9.17) is 20.9 Å². The van der Waals surface area contributed by atoms with Crippen LogP contribution in [0.25, 0.3) is 28.2 Å². The van der Waals surface area contributed by atoms with Crippen LogP contribution in [0.2, 0.25) is 5.02 Å². The number of para-hydroxylation sites is 1. The van der Waals surface area contributed by atoms with Crippen molar-refractivity contribution in [3.63, 3.8) is 0 Å². The number of aromatic nitrogens is 6. The Morgan fingerprint density at radius 1 is 1.10 bits per heavy atom. The molecule has 10 heteroatoms. The molecule has 31 heavy (non-hydrogen) atoms. The van der Waals surface area contributed by atoms with E-state index in [1.807, 2.05) is 42.5 Å². The Morgan fingerprint density at radius 2 is 1.87 bits per heavy atom. The Balaban J connectivity index is 1.48. The second-order valence-corrected chi connectivity index (χ2v) is 7.05. The number of halogens is 1. The summed E-state index contributed by atoms with van der Waals surface area (Å²) in [5, 5.41) is 13.1. The van der Waals surface area contributed by atoms with Gasteiger partial charge in [0.15, 0.2) is 0 Å². The lowest BCUT2D eigenvalue weighted by atomic mass is 10.1. The maximum Gasteiger partial charge on any atom is 0.293 e. The average Bonchev–Trinajstić information content (AvgIpc) is 3.43. The molecular formula is C21H15ClN6O3. The molecule has 0 aliphatic heterocycles. The lowest BCUT2D eigenvalue weighted by Gasteiger charge is -2.03. The van der Waals surface area contributed by atoms with Crippen LogP contribution in [0.3, 0.4) is 0 Å². The van der Waals surface area contributed by atoms with Gasteiger partial charge in [0.25, 0.3) is 5.56 Å². The van der Waals surface area contributed by atoms with Crippen LogP contribution >= 0.6 is 11.6 Å². The molecule has 0 saturated heterocycles. The van der Waals surface area contributed by atoms with Gasteiger partial charge in [0.1, 0.15) is 24.1 Å². The van der Waals surface area contributed by atoms with E-state index in [2.05, 4.69) is 20.3 Å². The van der Waals surface area contributed by atoms with Crippen LogP contribution in [0.1, 0.15) is 5.89 Å². The number of methoxy groups -OCH3 is 1. The van der Waals surface area contributed by atoms with E-state index < -0.39 is 0 Å². The topological polar surface area (TPSA) is 100 Å². The van der Waals surface area contributed by atoms with Crippen LogP contribution in [0.5, 0.6) is 5.75 Å². The van der Waals surface area contributed by atoms with Gasteiger partial charge in [-0.25, -0.2) is 9.20 Å². The number of nitrogens with zero attached hydrogens (tertiary/aromatic N) is 6. The SMILES string of the molecule is COc1ccccc1-c1noc(Cn2ncn3nc(-c4ccccc4Cl)cc3c2=O)n1. The minimum Gasteiger partial charge on any atom is -0.496 e. The number of benzene rings is 2. The predicted molar refractivity (Wildman–Crippen MR) is 113 cm³/mol. The van der Waals surface area contributed by atoms with Crippen molar-refractivity contribution in [3.8, 4) is 28.4 Å². The summed E-state index contributed by atoms with van der Waals surface area (Å²) in [6.45, 7) is 0.0179. The highest BCUT2D eigenvalue weighted by Crippen LogP contribution is 2.28. The Hall–Kier alpha value is -3.98. The second kappa shape index (κ2) is 7.69. The molecule has 0 saturated carbocycles. The van der Waals surface area contributed by atoms with Crippen molar-refractivity contribution in [2.45, 2.75) is 6.54 Å². The van der Waals surface area contributed by atoms with E-state index in [0.717, 1.165) is 5.56 Å². The van der Waals surface area contributed by atoms with Crippen LogP contribution in [0.15, 0.2) is 70.2 Å². The van der Waals surface area contributed by atoms with Crippen molar-refractivity contribution in [1.29, 1.82) is 0 Å². The molecule has 0 aliphatic carbocycles. The zero-order chi connectivity index (χ0) is 21.4. The first-order valence-electron chi connectivity index (χ1n) is 9.30. The molecule has 0 amide bonds. The van der Waals surface area contributed by atoms with Crippen molar-refractivity contribution in [1.82, 2.24) is 29.5 Å². The molecule has 0 fully saturated rings. The smallest absolute Gasteiger partial charge is 0.293 e. The molecule has 3 aromatic heterocycles. The van der Waals surface area contributed by atoms with E-state index in [-0.39, 0.29) is 18.0 Å². The summed E-state index contributed by atoms with van der Waals surface area (Å²) in [5.74, 6) is 1.23. The number of hydrogen-bond donors (Lipinski definition) is 0. The highest BCUT2D eigenvalue weighted by atomic mass is 35.5. The maximum absolute atomic E-state index is 12.9. The molecule has 0 atom stereocenters. The van der Waals surface area contributed by atoms with Crippen LogP contribution < -0.4 is 10.3 Å². The molecule has 0 aliphatic rings. The monoisotopic (exact) mass is 434 g/mol. The standard InChI is InChI=1S/C21H15ClN6O3/c1-30-18-9-5-3-7-14(18)20-24-19(31-26-20)11-27-21(29)17-10-16(25-28(17)12-23-27)13-6-2-4-8-15(13)22/h2-10,12H,11H2,1H3. The first-order valence-corrected chi connectivity index (χ1v) is 9.68. The molecule has 0 bridgehead atoms. The summed E-state index contributed by atoms with van der Waals surface area (Å²) < 4.78 is 13.3. The zero-order valence-corrected chi connectivity index (χ0v) is 17.0. The van der Waals surface area contributed by atoms with Gasteiger partial charge in [-0.1, -0.05) is 47.1 Å². The van der Waals surface area contributed by atoms with Crippen molar-refractivity contribution < 1.29 is 9.26 Å². The summed E-state index contributed by atoms with van der Waals surface area (Å²) >= 11 is 6.25. The van der Waals surface area contributed by atoms with Gasteiger partial charge in [0, 0.05) is 5.56 Å². The highest BCUT2D eigenvalue weighted by Gasteiger charge is 2.16. The Labute approximate surface area is 180 Å². The molecule has 154 valence electrons. The first-order chi connectivity index (χ1) is 15.1. The Kier molecular flexibility index (Phi) is 4.72. The second-order valence-electron chi connectivity index (χ2n) is 6.64. The largest absolute Gasteiger partial charge is 0.496 e. The Morgan fingerprint density at radius 3 is 2.68 bits per heavy atom. The molecule has 0 N–H and O–H groups in total. The fourth-order valence-electron chi connectivity index (χ4n) is 3.24.